The lowest BCUT2D eigenvalue weighted by molar-refractivity contribution is -0.115. The van der Waals surface area contributed by atoms with Gasteiger partial charge in [-0.25, -0.2) is 0 Å². The lowest BCUT2D eigenvalue weighted by atomic mass is 10.0. The van der Waals surface area contributed by atoms with Crippen LogP contribution in [-0.2, 0) is 11.2 Å². The maximum absolute atomic E-state index is 13.4. The first-order valence-corrected chi connectivity index (χ1v) is 11.4. The molecule has 0 saturated heterocycles. The topological polar surface area (TPSA) is 81.7 Å². The first-order chi connectivity index (χ1) is 16.9. The summed E-state index contributed by atoms with van der Waals surface area (Å²) in [6.45, 7) is 3.99. The molecule has 7 heteroatoms. The van der Waals surface area contributed by atoms with Crippen molar-refractivity contribution in [3.8, 4) is 5.75 Å². The summed E-state index contributed by atoms with van der Waals surface area (Å²) in [5, 5.41) is 4.76. The summed E-state index contributed by atoms with van der Waals surface area (Å²) in [7, 11) is 1.50. The number of furan rings is 2. The van der Waals surface area contributed by atoms with Gasteiger partial charge in [-0.2, -0.15) is 0 Å². The van der Waals surface area contributed by atoms with Crippen LogP contribution in [0.2, 0.25) is 5.02 Å². The lowest BCUT2D eigenvalue weighted by Gasteiger charge is -2.08. The number of nitrogens with one attached hydrogen (secondary N) is 1. The van der Waals surface area contributed by atoms with Gasteiger partial charge in [0.2, 0.25) is 11.7 Å². The molecule has 6 nitrogen and oxygen atoms in total. The molecule has 0 radical (unpaired) electrons. The molecule has 5 rings (SSSR count). The number of carbonyl (C=O) groups is 2. The summed E-state index contributed by atoms with van der Waals surface area (Å²) in [4.78, 5) is 26.5. The predicted octanol–water partition coefficient (Wildman–Crippen LogP) is 6.87. The Kier molecular flexibility index (Phi) is 5.83. The molecule has 0 atom stereocenters. The number of rotatable bonds is 6. The summed E-state index contributed by atoms with van der Waals surface area (Å²) in [6.07, 6.45) is 1.69. The van der Waals surface area contributed by atoms with Crippen LogP contribution in [0, 0.1) is 13.8 Å². The Hall–Kier alpha value is -4.03. The Labute approximate surface area is 206 Å². The number of carbonyl (C=O) groups excluding carboxylic acids is 2. The average molecular weight is 488 g/mol. The van der Waals surface area contributed by atoms with Crippen LogP contribution < -0.4 is 10.1 Å². The van der Waals surface area contributed by atoms with Crippen LogP contribution >= 0.6 is 11.6 Å². The molecule has 0 unspecified atom stereocenters. The number of ketones is 1. The molecule has 0 aliphatic heterocycles. The minimum Gasteiger partial charge on any atom is -0.495 e. The van der Waals surface area contributed by atoms with Gasteiger partial charge < -0.3 is 18.9 Å². The second-order valence-corrected chi connectivity index (χ2v) is 8.83. The van der Waals surface area contributed by atoms with Gasteiger partial charge in [-0.15, -0.1) is 0 Å². The molecule has 0 bridgehead atoms. The van der Waals surface area contributed by atoms with Crippen LogP contribution in [0.4, 0.5) is 5.69 Å². The van der Waals surface area contributed by atoms with Crippen LogP contribution in [0.1, 0.15) is 32.8 Å². The van der Waals surface area contributed by atoms with Gasteiger partial charge >= 0.3 is 0 Å². The molecular weight excluding hydrogens is 466 g/mol. The molecule has 0 fully saturated rings. The number of fused-ring (bicyclic) bond motifs is 2. The van der Waals surface area contributed by atoms with E-state index in [2.05, 4.69) is 11.4 Å². The van der Waals surface area contributed by atoms with E-state index < -0.39 is 5.78 Å². The highest BCUT2D eigenvalue weighted by Gasteiger charge is 2.24. The molecule has 0 spiro atoms. The normalized spacial score (nSPS) is 11.2. The summed E-state index contributed by atoms with van der Waals surface area (Å²) < 4.78 is 16.8. The first kappa shape index (κ1) is 22.7. The Balaban J connectivity index is 1.50. The Morgan fingerprint density at radius 2 is 1.83 bits per heavy atom. The van der Waals surface area contributed by atoms with Crippen molar-refractivity contribution in [1.29, 1.82) is 0 Å². The van der Waals surface area contributed by atoms with Gasteiger partial charge in [-0.3, -0.25) is 9.59 Å². The smallest absolute Gasteiger partial charge is 0.230 e. The van der Waals surface area contributed by atoms with E-state index in [9.17, 15) is 9.59 Å². The van der Waals surface area contributed by atoms with E-state index in [1.807, 2.05) is 26.0 Å². The van der Waals surface area contributed by atoms with Crippen LogP contribution in [-0.4, -0.2) is 18.8 Å². The highest BCUT2D eigenvalue weighted by atomic mass is 35.5. The summed E-state index contributed by atoms with van der Waals surface area (Å²) in [6, 6.07) is 15.9. The van der Waals surface area contributed by atoms with Gasteiger partial charge in [0.15, 0.2) is 5.76 Å². The molecule has 0 saturated carbocycles. The maximum atomic E-state index is 13.4. The molecule has 3 aromatic carbocycles. The molecule has 2 aromatic heterocycles. The molecular formula is C28H22ClNO5. The predicted molar refractivity (Wildman–Crippen MR) is 136 cm³/mol. The summed E-state index contributed by atoms with van der Waals surface area (Å²) >= 11 is 6.23. The molecule has 2 heterocycles. The SMILES string of the molecule is COc1ccc(C(=O)c2oc3ccccc3c2NC(=O)Cc2coc3cc(C)cc(C)c23)cc1Cl. The van der Waals surface area contributed by atoms with E-state index in [0.717, 1.165) is 27.7 Å². The maximum Gasteiger partial charge on any atom is 0.230 e. The Morgan fingerprint density at radius 1 is 1.03 bits per heavy atom. The van der Waals surface area contributed by atoms with E-state index in [1.165, 1.54) is 13.2 Å². The average Bonchev–Trinajstić information content (AvgIpc) is 3.40. The molecule has 0 aliphatic carbocycles. The van der Waals surface area contributed by atoms with E-state index >= 15 is 0 Å². The van der Waals surface area contributed by atoms with Crippen LogP contribution in [0.25, 0.3) is 21.9 Å². The van der Waals surface area contributed by atoms with Crippen molar-refractivity contribution in [2.45, 2.75) is 20.3 Å². The summed E-state index contributed by atoms with van der Waals surface area (Å²) in [5.41, 5.74) is 4.78. The number of aryl methyl sites for hydroxylation is 2. The Bertz CT molecular complexity index is 1610. The number of hydrogen-bond donors (Lipinski definition) is 1. The number of methoxy groups -OCH3 is 1. The van der Waals surface area contributed by atoms with Gasteiger partial charge in [0.1, 0.15) is 16.9 Å². The molecule has 0 aliphatic rings. The number of amides is 1. The first-order valence-electron chi connectivity index (χ1n) is 11.0. The fourth-order valence-electron chi connectivity index (χ4n) is 4.38. The molecule has 5 aromatic rings. The second kappa shape index (κ2) is 8.96. The van der Waals surface area contributed by atoms with E-state index in [1.54, 1.807) is 36.6 Å². The van der Waals surface area contributed by atoms with Crippen LogP contribution in [0.5, 0.6) is 5.75 Å². The number of ether oxygens (including phenoxy) is 1. The van der Waals surface area contributed by atoms with Crippen molar-refractivity contribution in [2.75, 3.05) is 12.4 Å². The summed E-state index contributed by atoms with van der Waals surface area (Å²) in [5.74, 6) is -0.203. The minimum atomic E-state index is -0.402. The van der Waals surface area contributed by atoms with Gasteiger partial charge in [0, 0.05) is 21.9 Å². The number of para-hydroxylation sites is 1. The number of halogens is 1. The van der Waals surface area contributed by atoms with Crippen molar-refractivity contribution >= 4 is 50.9 Å². The number of benzene rings is 3. The molecule has 1 N–H and O–H groups in total. The third-order valence-corrected chi connectivity index (χ3v) is 6.22. The fraction of sp³-hybridized carbons (Fsp3) is 0.143. The number of anilines is 1. The highest BCUT2D eigenvalue weighted by molar-refractivity contribution is 6.32. The van der Waals surface area contributed by atoms with Crippen molar-refractivity contribution in [3.63, 3.8) is 0 Å². The van der Waals surface area contributed by atoms with Gasteiger partial charge in [0.25, 0.3) is 0 Å². The van der Waals surface area contributed by atoms with E-state index in [-0.39, 0.29) is 18.1 Å². The van der Waals surface area contributed by atoms with Crippen molar-refractivity contribution in [1.82, 2.24) is 0 Å². The van der Waals surface area contributed by atoms with E-state index in [0.29, 0.717) is 33.0 Å². The number of hydrogen-bond acceptors (Lipinski definition) is 5. The standard InChI is InChI=1S/C28H22ClNO5/c1-15-10-16(2)25-18(14-34-23(25)11-15)13-24(31)30-26-19-6-4-5-7-21(19)35-28(26)27(32)17-8-9-22(33-3)20(29)12-17/h4-12,14H,13H2,1-3H3,(H,30,31). The van der Waals surface area contributed by atoms with Crippen molar-refractivity contribution < 1.29 is 23.2 Å². The molecule has 1 amide bonds. The quantitative estimate of drug-likeness (QED) is 0.264. The fourth-order valence-corrected chi connectivity index (χ4v) is 4.64. The third kappa shape index (κ3) is 4.17. The van der Waals surface area contributed by atoms with Gasteiger partial charge in [-0.05, 0) is 61.4 Å². The zero-order valence-electron chi connectivity index (χ0n) is 19.4. The monoisotopic (exact) mass is 487 g/mol. The molecule has 35 heavy (non-hydrogen) atoms. The highest BCUT2D eigenvalue weighted by Crippen LogP contribution is 2.34. The Morgan fingerprint density at radius 3 is 2.60 bits per heavy atom. The van der Waals surface area contributed by atoms with Crippen LogP contribution in [0.3, 0.4) is 0 Å². The van der Waals surface area contributed by atoms with Crippen molar-refractivity contribution in [3.05, 3.63) is 93.9 Å². The largest absolute Gasteiger partial charge is 0.495 e. The van der Waals surface area contributed by atoms with Gasteiger partial charge in [-0.1, -0.05) is 29.8 Å². The van der Waals surface area contributed by atoms with E-state index in [4.69, 9.17) is 25.2 Å². The van der Waals surface area contributed by atoms with Gasteiger partial charge in [0.05, 0.1) is 30.5 Å². The zero-order chi connectivity index (χ0) is 24.7. The minimum absolute atomic E-state index is 0.0321. The second-order valence-electron chi connectivity index (χ2n) is 8.42. The van der Waals surface area contributed by atoms with Crippen LogP contribution in [0.15, 0.2) is 69.7 Å². The zero-order valence-corrected chi connectivity index (χ0v) is 20.2. The lowest BCUT2D eigenvalue weighted by Crippen LogP contribution is -2.16. The third-order valence-electron chi connectivity index (χ3n) is 5.92. The molecule has 176 valence electrons. The van der Waals surface area contributed by atoms with Crippen molar-refractivity contribution in [2.24, 2.45) is 0 Å².